The number of rotatable bonds is 7. The van der Waals surface area contributed by atoms with Crippen molar-refractivity contribution in [3.05, 3.63) is 18.2 Å². The van der Waals surface area contributed by atoms with Gasteiger partial charge < -0.3 is 19.5 Å². The zero-order chi connectivity index (χ0) is 14.4. The lowest BCUT2D eigenvalue weighted by molar-refractivity contribution is 0.131. The summed E-state index contributed by atoms with van der Waals surface area (Å²) < 4.78 is 2.10. The highest BCUT2D eigenvalue weighted by Gasteiger charge is 2.19. The minimum atomic E-state index is 0.286. The van der Waals surface area contributed by atoms with Gasteiger partial charge in [0.2, 0.25) is 0 Å². The quantitative estimate of drug-likeness (QED) is 0.794. The maximum absolute atomic E-state index is 8.95. The molecule has 1 aliphatic heterocycles. The Morgan fingerprint density at radius 2 is 2.15 bits per heavy atom. The number of aliphatic hydroxyl groups is 1. The lowest BCUT2D eigenvalue weighted by Gasteiger charge is -2.33. The first-order chi connectivity index (χ1) is 9.69. The monoisotopic (exact) mass is 280 g/mol. The first-order valence-electron chi connectivity index (χ1n) is 7.67. The van der Waals surface area contributed by atoms with Crippen LogP contribution in [0.4, 0.5) is 0 Å². The van der Waals surface area contributed by atoms with Gasteiger partial charge in [-0.05, 0) is 38.9 Å². The maximum Gasteiger partial charge on any atom is 0.109 e. The first kappa shape index (κ1) is 15.5. The van der Waals surface area contributed by atoms with Crippen molar-refractivity contribution in [2.24, 2.45) is 13.0 Å². The van der Waals surface area contributed by atoms with Gasteiger partial charge in [-0.2, -0.15) is 0 Å². The van der Waals surface area contributed by atoms with Gasteiger partial charge in [0.25, 0.3) is 0 Å². The van der Waals surface area contributed by atoms with Crippen LogP contribution in [0.15, 0.2) is 12.4 Å². The molecule has 5 nitrogen and oxygen atoms in total. The topological polar surface area (TPSA) is 44.5 Å². The number of β-amino-alcohol motifs (C(OH)–C–C–N with tert-alkyl or cyclic N) is 1. The number of imidazole rings is 1. The Morgan fingerprint density at radius 1 is 1.40 bits per heavy atom. The van der Waals surface area contributed by atoms with Crippen LogP contribution in [0, 0.1) is 5.92 Å². The molecule has 0 amide bonds. The Morgan fingerprint density at radius 3 is 2.75 bits per heavy atom. The molecule has 0 bridgehead atoms. The predicted molar refractivity (Wildman–Crippen MR) is 80.7 cm³/mol. The summed E-state index contributed by atoms with van der Waals surface area (Å²) in [6, 6.07) is 0. The van der Waals surface area contributed by atoms with Crippen molar-refractivity contribution in [1.29, 1.82) is 0 Å². The summed E-state index contributed by atoms with van der Waals surface area (Å²) in [6.45, 7) is 5.64. The second-order valence-electron chi connectivity index (χ2n) is 5.98. The molecule has 0 unspecified atom stereocenters. The summed E-state index contributed by atoms with van der Waals surface area (Å²) in [6.07, 6.45) is 7.40. The molecule has 0 aromatic carbocycles. The third-order valence-corrected chi connectivity index (χ3v) is 4.33. The van der Waals surface area contributed by atoms with Crippen molar-refractivity contribution in [1.82, 2.24) is 19.4 Å². The zero-order valence-corrected chi connectivity index (χ0v) is 12.8. The van der Waals surface area contributed by atoms with Crippen molar-refractivity contribution in [3.8, 4) is 0 Å². The number of likely N-dealkylation sites (tertiary alicyclic amines) is 1. The van der Waals surface area contributed by atoms with E-state index in [0.717, 1.165) is 44.3 Å². The third kappa shape index (κ3) is 4.58. The van der Waals surface area contributed by atoms with E-state index in [-0.39, 0.29) is 6.61 Å². The Balaban J connectivity index is 1.65. The molecule has 5 heteroatoms. The molecule has 114 valence electrons. The average molecular weight is 280 g/mol. The molecule has 1 fully saturated rings. The molecule has 2 heterocycles. The lowest BCUT2D eigenvalue weighted by Crippen LogP contribution is -2.39. The summed E-state index contributed by atoms with van der Waals surface area (Å²) in [5, 5.41) is 8.95. The van der Waals surface area contributed by atoms with Crippen molar-refractivity contribution in [3.63, 3.8) is 0 Å². The molecule has 0 atom stereocenters. The van der Waals surface area contributed by atoms with Gasteiger partial charge in [0.05, 0.1) is 6.61 Å². The molecule has 1 aromatic rings. The van der Waals surface area contributed by atoms with Gasteiger partial charge in [0.15, 0.2) is 0 Å². The third-order valence-electron chi connectivity index (χ3n) is 4.33. The summed E-state index contributed by atoms with van der Waals surface area (Å²) in [5.74, 6) is 1.96. The van der Waals surface area contributed by atoms with E-state index in [1.807, 2.05) is 12.4 Å². The maximum atomic E-state index is 8.95. The highest BCUT2D eigenvalue weighted by atomic mass is 16.3. The first-order valence-corrected chi connectivity index (χ1v) is 7.67. The van der Waals surface area contributed by atoms with E-state index in [1.54, 1.807) is 0 Å². The van der Waals surface area contributed by atoms with Crippen LogP contribution in [0.3, 0.4) is 0 Å². The Labute approximate surface area is 122 Å². The number of aromatic nitrogens is 2. The van der Waals surface area contributed by atoms with E-state index in [1.165, 1.54) is 19.4 Å². The largest absolute Gasteiger partial charge is 0.395 e. The molecular formula is C15H28N4O. The van der Waals surface area contributed by atoms with E-state index >= 15 is 0 Å². The molecule has 1 N–H and O–H groups in total. The van der Waals surface area contributed by atoms with E-state index in [9.17, 15) is 0 Å². The molecule has 2 rings (SSSR count). The molecule has 0 spiro atoms. The summed E-state index contributed by atoms with van der Waals surface area (Å²) in [4.78, 5) is 9.17. The molecule has 1 saturated heterocycles. The van der Waals surface area contributed by atoms with Crippen LogP contribution in [0.1, 0.15) is 18.7 Å². The number of nitrogens with zero attached hydrogens (tertiary/aromatic N) is 4. The van der Waals surface area contributed by atoms with Crippen molar-refractivity contribution in [2.45, 2.75) is 19.3 Å². The smallest absolute Gasteiger partial charge is 0.109 e. The SMILES string of the molecule is CN(CCc1nccn1C)CC1CCN(CCO)CC1. The Bertz CT molecular complexity index is 385. The standard InChI is InChI=1S/C15H28N4O/c1-17(7-5-15-16-6-10-18(15)2)13-14-3-8-19(9-4-14)11-12-20/h6,10,14,20H,3-5,7-9,11-13H2,1-2H3. The normalized spacial score (nSPS) is 18.0. The minimum absolute atomic E-state index is 0.286. The lowest BCUT2D eigenvalue weighted by atomic mass is 9.96. The van der Waals surface area contributed by atoms with E-state index in [0.29, 0.717) is 0 Å². The van der Waals surface area contributed by atoms with Crippen molar-refractivity contribution >= 4 is 0 Å². The molecule has 0 saturated carbocycles. The molecular weight excluding hydrogens is 252 g/mol. The summed E-state index contributed by atoms with van der Waals surface area (Å²) in [5.41, 5.74) is 0. The van der Waals surface area contributed by atoms with Crippen LogP contribution in [-0.4, -0.2) is 70.8 Å². The zero-order valence-electron chi connectivity index (χ0n) is 12.8. The molecule has 0 aliphatic carbocycles. The highest BCUT2D eigenvalue weighted by Crippen LogP contribution is 2.17. The van der Waals surface area contributed by atoms with Crippen LogP contribution in [0.25, 0.3) is 0 Å². The summed E-state index contributed by atoms with van der Waals surface area (Å²) >= 11 is 0. The highest BCUT2D eigenvalue weighted by molar-refractivity contribution is 4.91. The Kier molecular flexibility index (Phi) is 6.01. The molecule has 20 heavy (non-hydrogen) atoms. The van der Waals surface area contributed by atoms with Gasteiger partial charge in [-0.1, -0.05) is 0 Å². The van der Waals surface area contributed by atoms with Gasteiger partial charge in [-0.3, -0.25) is 0 Å². The fraction of sp³-hybridized carbons (Fsp3) is 0.800. The van der Waals surface area contributed by atoms with Crippen LogP contribution in [-0.2, 0) is 13.5 Å². The van der Waals surface area contributed by atoms with E-state index in [2.05, 4.69) is 33.4 Å². The number of piperidine rings is 1. The summed E-state index contributed by atoms with van der Waals surface area (Å²) in [7, 11) is 4.27. The van der Waals surface area contributed by atoms with Crippen molar-refractivity contribution in [2.75, 3.05) is 46.4 Å². The number of likely N-dealkylation sites (N-methyl/N-ethyl adjacent to an activating group) is 1. The number of hydrogen-bond donors (Lipinski definition) is 1. The van der Waals surface area contributed by atoms with Gasteiger partial charge >= 0.3 is 0 Å². The molecule has 1 aliphatic rings. The van der Waals surface area contributed by atoms with Crippen LogP contribution in [0.5, 0.6) is 0 Å². The van der Waals surface area contributed by atoms with Gasteiger partial charge in [-0.15, -0.1) is 0 Å². The van der Waals surface area contributed by atoms with Crippen LogP contribution in [0.2, 0.25) is 0 Å². The molecule has 0 radical (unpaired) electrons. The van der Waals surface area contributed by atoms with E-state index < -0.39 is 0 Å². The van der Waals surface area contributed by atoms with Crippen LogP contribution < -0.4 is 0 Å². The predicted octanol–water partition coefficient (Wildman–Crippen LogP) is 0.599. The number of aryl methyl sites for hydroxylation is 1. The average Bonchev–Trinajstić information content (AvgIpc) is 2.84. The number of aliphatic hydroxyl groups excluding tert-OH is 1. The second kappa shape index (κ2) is 7.76. The minimum Gasteiger partial charge on any atom is -0.395 e. The molecule has 1 aromatic heterocycles. The van der Waals surface area contributed by atoms with Gasteiger partial charge in [0.1, 0.15) is 5.82 Å². The fourth-order valence-electron chi connectivity index (χ4n) is 2.99. The van der Waals surface area contributed by atoms with E-state index in [4.69, 9.17) is 5.11 Å². The Hall–Kier alpha value is -0.910. The number of hydrogen-bond acceptors (Lipinski definition) is 4. The van der Waals surface area contributed by atoms with Crippen LogP contribution >= 0.6 is 0 Å². The van der Waals surface area contributed by atoms with Gasteiger partial charge in [0, 0.05) is 45.5 Å². The fourth-order valence-corrected chi connectivity index (χ4v) is 2.99. The van der Waals surface area contributed by atoms with Gasteiger partial charge in [-0.25, -0.2) is 4.98 Å². The second-order valence-corrected chi connectivity index (χ2v) is 5.98. The van der Waals surface area contributed by atoms with Crippen molar-refractivity contribution < 1.29 is 5.11 Å².